The summed E-state index contributed by atoms with van der Waals surface area (Å²) in [6.45, 7) is 4.41. The van der Waals surface area contributed by atoms with E-state index in [2.05, 4.69) is 22.0 Å². The Hall–Kier alpha value is -1.91. The third kappa shape index (κ3) is 3.45. The predicted molar refractivity (Wildman–Crippen MR) is 93.9 cm³/mol. The van der Waals surface area contributed by atoms with Crippen LogP contribution in [0.4, 0.5) is 0 Å². The van der Waals surface area contributed by atoms with Gasteiger partial charge in [-0.15, -0.1) is 0 Å². The highest BCUT2D eigenvalue weighted by atomic mass is 35.5. The molecule has 1 unspecified atom stereocenters. The Morgan fingerprint density at radius 3 is 2.75 bits per heavy atom. The smallest absolute Gasteiger partial charge is 0.319 e. The van der Waals surface area contributed by atoms with Gasteiger partial charge in [-0.1, -0.05) is 48.0 Å². The average Bonchev–Trinajstić information content (AvgIpc) is 3.01. The van der Waals surface area contributed by atoms with Crippen molar-refractivity contribution in [1.29, 1.82) is 0 Å². The number of rotatable bonds is 5. The molecule has 24 heavy (non-hydrogen) atoms. The molecule has 1 aromatic carbocycles. The molecule has 0 N–H and O–H groups in total. The lowest BCUT2D eigenvalue weighted by molar-refractivity contribution is -0.149. The first-order valence-electron chi connectivity index (χ1n) is 8.20. The molecule has 2 aromatic rings. The number of ether oxygens (including phenoxy) is 1. The molecule has 5 heteroatoms. The standard InChI is InChI=1S/C19H21ClN2O2/c1-2-24-18(23)19(16-9-6-10-17(20)21-16)11-12-22(14-19)13-15-7-4-3-5-8-15/h3-10H,2,11-14H2,1H3. The van der Waals surface area contributed by atoms with Crippen LogP contribution in [0.2, 0.25) is 5.15 Å². The second-order valence-electron chi connectivity index (χ2n) is 6.09. The van der Waals surface area contributed by atoms with Crippen molar-refractivity contribution >= 4 is 17.6 Å². The number of halogens is 1. The van der Waals surface area contributed by atoms with Gasteiger partial charge in [-0.05, 0) is 31.0 Å². The minimum Gasteiger partial charge on any atom is -0.465 e. The van der Waals surface area contributed by atoms with Crippen LogP contribution in [0.15, 0.2) is 48.5 Å². The fourth-order valence-corrected chi connectivity index (χ4v) is 3.45. The maximum Gasteiger partial charge on any atom is 0.319 e. The Labute approximate surface area is 147 Å². The summed E-state index contributed by atoms with van der Waals surface area (Å²) in [4.78, 5) is 19.4. The highest BCUT2D eigenvalue weighted by Gasteiger charge is 2.48. The Morgan fingerprint density at radius 2 is 2.04 bits per heavy atom. The third-order valence-electron chi connectivity index (χ3n) is 4.47. The summed E-state index contributed by atoms with van der Waals surface area (Å²) in [5.41, 5.74) is 1.19. The minimum atomic E-state index is -0.740. The molecule has 0 spiro atoms. The third-order valence-corrected chi connectivity index (χ3v) is 4.68. The number of carbonyl (C=O) groups excluding carboxylic acids is 1. The van der Waals surface area contributed by atoms with Crippen LogP contribution in [0.5, 0.6) is 0 Å². The normalized spacial score (nSPS) is 20.9. The van der Waals surface area contributed by atoms with Crippen LogP contribution in [0.3, 0.4) is 0 Å². The van der Waals surface area contributed by atoms with E-state index in [1.54, 1.807) is 6.07 Å². The second kappa shape index (κ2) is 7.32. The van der Waals surface area contributed by atoms with Crippen LogP contribution < -0.4 is 0 Å². The number of hydrogen-bond donors (Lipinski definition) is 0. The number of carbonyl (C=O) groups is 1. The molecule has 3 rings (SSSR count). The number of nitrogens with zero attached hydrogens (tertiary/aromatic N) is 2. The summed E-state index contributed by atoms with van der Waals surface area (Å²) in [5, 5.41) is 0.401. The molecule has 1 fully saturated rings. The first-order chi connectivity index (χ1) is 11.6. The molecule has 0 radical (unpaired) electrons. The van der Waals surface area contributed by atoms with Crippen molar-refractivity contribution in [3.8, 4) is 0 Å². The molecule has 2 heterocycles. The lowest BCUT2D eigenvalue weighted by Gasteiger charge is -2.27. The minimum absolute atomic E-state index is 0.213. The van der Waals surface area contributed by atoms with Gasteiger partial charge in [-0.2, -0.15) is 0 Å². The van der Waals surface area contributed by atoms with Gasteiger partial charge in [0.05, 0.1) is 12.3 Å². The van der Waals surface area contributed by atoms with Gasteiger partial charge in [-0.3, -0.25) is 9.69 Å². The maximum atomic E-state index is 12.7. The van der Waals surface area contributed by atoms with Gasteiger partial charge in [0.25, 0.3) is 0 Å². The Balaban J connectivity index is 1.86. The van der Waals surface area contributed by atoms with Crippen LogP contribution in [-0.2, 0) is 21.5 Å². The molecule has 1 saturated heterocycles. The zero-order valence-corrected chi connectivity index (χ0v) is 14.5. The van der Waals surface area contributed by atoms with Crippen LogP contribution in [0.1, 0.15) is 24.6 Å². The molecule has 1 aliphatic heterocycles. The first-order valence-corrected chi connectivity index (χ1v) is 8.58. The molecule has 0 amide bonds. The maximum absolute atomic E-state index is 12.7. The fraction of sp³-hybridized carbons (Fsp3) is 0.368. The summed E-state index contributed by atoms with van der Waals surface area (Å²) >= 11 is 6.06. The van der Waals surface area contributed by atoms with Gasteiger partial charge in [0.15, 0.2) is 0 Å². The van der Waals surface area contributed by atoms with Crippen LogP contribution in [0, 0.1) is 0 Å². The quantitative estimate of drug-likeness (QED) is 0.615. The van der Waals surface area contributed by atoms with Gasteiger partial charge < -0.3 is 4.74 Å². The van der Waals surface area contributed by atoms with E-state index in [0.717, 1.165) is 13.1 Å². The summed E-state index contributed by atoms with van der Waals surface area (Å²) in [7, 11) is 0. The second-order valence-corrected chi connectivity index (χ2v) is 6.48. The molecule has 1 atom stereocenters. The number of hydrogen-bond acceptors (Lipinski definition) is 4. The van der Waals surface area contributed by atoms with E-state index in [4.69, 9.17) is 16.3 Å². The van der Waals surface area contributed by atoms with Gasteiger partial charge in [0.2, 0.25) is 0 Å². The molecular weight excluding hydrogens is 324 g/mol. The monoisotopic (exact) mass is 344 g/mol. The molecular formula is C19H21ClN2O2. The van der Waals surface area contributed by atoms with E-state index in [0.29, 0.717) is 30.4 Å². The number of pyridine rings is 1. The van der Waals surface area contributed by atoms with E-state index in [1.165, 1.54) is 5.56 Å². The summed E-state index contributed by atoms with van der Waals surface area (Å²) in [6, 6.07) is 15.7. The lowest BCUT2D eigenvalue weighted by Crippen LogP contribution is -2.41. The number of esters is 1. The molecule has 0 bridgehead atoms. The van der Waals surface area contributed by atoms with Crippen molar-refractivity contribution in [1.82, 2.24) is 9.88 Å². The van der Waals surface area contributed by atoms with E-state index in [-0.39, 0.29) is 5.97 Å². The lowest BCUT2D eigenvalue weighted by atomic mass is 9.83. The van der Waals surface area contributed by atoms with Crippen LogP contribution >= 0.6 is 11.6 Å². The number of benzene rings is 1. The number of aromatic nitrogens is 1. The summed E-state index contributed by atoms with van der Waals surface area (Å²) < 4.78 is 5.37. The molecule has 0 aliphatic carbocycles. The van der Waals surface area contributed by atoms with Crippen molar-refractivity contribution in [2.45, 2.75) is 25.3 Å². The van der Waals surface area contributed by atoms with Crippen molar-refractivity contribution in [2.75, 3.05) is 19.7 Å². The fourth-order valence-electron chi connectivity index (χ4n) is 3.29. The van der Waals surface area contributed by atoms with E-state index in [9.17, 15) is 4.79 Å². The van der Waals surface area contributed by atoms with Crippen LogP contribution in [0.25, 0.3) is 0 Å². The van der Waals surface area contributed by atoms with Crippen LogP contribution in [-0.4, -0.2) is 35.5 Å². The summed E-state index contributed by atoms with van der Waals surface area (Å²) in [5.74, 6) is -0.213. The zero-order valence-electron chi connectivity index (χ0n) is 13.7. The van der Waals surface area contributed by atoms with Crippen molar-refractivity contribution in [2.24, 2.45) is 0 Å². The summed E-state index contributed by atoms with van der Waals surface area (Å²) in [6.07, 6.45) is 0.687. The van der Waals surface area contributed by atoms with E-state index >= 15 is 0 Å². The predicted octanol–water partition coefficient (Wildman–Crippen LogP) is 3.44. The molecule has 1 aliphatic rings. The molecule has 4 nitrogen and oxygen atoms in total. The highest BCUT2D eigenvalue weighted by Crippen LogP contribution is 2.36. The van der Waals surface area contributed by atoms with Gasteiger partial charge in [-0.25, -0.2) is 4.98 Å². The number of likely N-dealkylation sites (tertiary alicyclic amines) is 1. The average molecular weight is 345 g/mol. The Bertz CT molecular complexity index is 708. The zero-order chi connectivity index (χ0) is 17.0. The van der Waals surface area contributed by atoms with Gasteiger partial charge >= 0.3 is 5.97 Å². The van der Waals surface area contributed by atoms with Crippen molar-refractivity contribution < 1.29 is 9.53 Å². The van der Waals surface area contributed by atoms with E-state index < -0.39 is 5.41 Å². The first kappa shape index (κ1) is 16.9. The molecule has 0 saturated carbocycles. The highest BCUT2D eigenvalue weighted by molar-refractivity contribution is 6.29. The van der Waals surface area contributed by atoms with Gasteiger partial charge in [0.1, 0.15) is 10.6 Å². The van der Waals surface area contributed by atoms with E-state index in [1.807, 2.05) is 37.3 Å². The SMILES string of the molecule is CCOC(=O)C1(c2cccc(Cl)n2)CCN(Cc2ccccc2)C1. The Morgan fingerprint density at radius 1 is 1.25 bits per heavy atom. The largest absolute Gasteiger partial charge is 0.465 e. The Kier molecular flexibility index (Phi) is 5.17. The topological polar surface area (TPSA) is 42.4 Å². The molecule has 1 aromatic heterocycles. The van der Waals surface area contributed by atoms with Crippen molar-refractivity contribution in [3.63, 3.8) is 0 Å². The molecule has 126 valence electrons. The van der Waals surface area contributed by atoms with Gasteiger partial charge in [0, 0.05) is 19.6 Å². The van der Waals surface area contributed by atoms with Crippen molar-refractivity contribution in [3.05, 3.63) is 64.9 Å².